The molecule has 0 aromatic rings. The van der Waals surface area contributed by atoms with E-state index in [4.69, 9.17) is 25.5 Å². The van der Waals surface area contributed by atoms with E-state index in [1.165, 1.54) is 0 Å². The molecular formula is C27H56O8S3. The van der Waals surface area contributed by atoms with E-state index in [-0.39, 0.29) is 33.5 Å². The van der Waals surface area contributed by atoms with Crippen LogP contribution in [-0.4, -0.2) is 70.9 Å². The molecule has 0 amide bonds. The van der Waals surface area contributed by atoms with Crippen LogP contribution in [0.5, 0.6) is 0 Å². The van der Waals surface area contributed by atoms with Crippen LogP contribution in [0.1, 0.15) is 107 Å². The number of hydrogen-bond donors (Lipinski definition) is 8. The van der Waals surface area contributed by atoms with Crippen molar-refractivity contribution in [1.29, 1.82) is 0 Å². The summed E-state index contributed by atoms with van der Waals surface area (Å²) in [7, 11) is 0. The van der Waals surface area contributed by atoms with Gasteiger partial charge in [-0.25, -0.2) is 0 Å². The van der Waals surface area contributed by atoms with E-state index < -0.39 is 29.6 Å². The van der Waals surface area contributed by atoms with Gasteiger partial charge in [0, 0.05) is 22.2 Å². The lowest BCUT2D eigenvalue weighted by atomic mass is 10.0. The smallest absolute Gasteiger partial charge is 0.306 e. The van der Waals surface area contributed by atoms with E-state index in [1.807, 2.05) is 20.8 Å². The Hall–Kier alpha value is -0.620. The van der Waals surface area contributed by atoms with Gasteiger partial charge >= 0.3 is 17.9 Å². The number of hydrogen-bond acceptors (Lipinski definition) is 8. The van der Waals surface area contributed by atoms with Gasteiger partial charge < -0.3 is 25.5 Å². The summed E-state index contributed by atoms with van der Waals surface area (Å²) in [6.07, 6.45) is 4.81. The molecule has 7 unspecified atom stereocenters. The van der Waals surface area contributed by atoms with Crippen LogP contribution in [0.2, 0.25) is 0 Å². The lowest BCUT2D eigenvalue weighted by Crippen LogP contribution is -2.24. The van der Waals surface area contributed by atoms with Crippen LogP contribution >= 0.6 is 37.9 Å². The molecule has 0 aromatic carbocycles. The Kier molecular flexibility index (Phi) is 29.6. The fraction of sp³-hybridized carbons (Fsp3) is 0.889. The molecule has 8 nitrogen and oxygen atoms in total. The first-order valence-corrected chi connectivity index (χ1v) is 14.8. The average molecular weight is 605 g/mol. The summed E-state index contributed by atoms with van der Waals surface area (Å²) in [4.78, 5) is 31.0. The molecule has 0 aliphatic rings. The number of carbonyl (C=O) groups is 3. The maximum Gasteiger partial charge on any atom is 0.306 e. The predicted molar refractivity (Wildman–Crippen MR) is 166 cm³/mol. The van der Waals surface area contributed by atoms with Gasteiger partial charge in [0.2, 0.25) is 0 Å². The van der Waals surface area contributed by atoms with Crippen LogP contribution in [0.25, 0.3) is 0 Å². The predicted octanol–water partition coefficient (Wildman–Crippen LogP) is 5.95. The molecule has 0 heterocycles. The maximum absolute atomic E-state index is 10.3. The third kappa shape index (κ3) is 35.4. The highest BCUT2D eigenvalue weighted by Gasteiger charge is 2.16. The zero-order valence-electron chi connectivity index (χ0n) is 24.8. The molecule has 0 spiro atoms. The molecule has 0 fully saturated rings. The van der Waals surface area contributed by atoms with E-state index in [0.29, 0.717) is 25.7 Å². The molecule has 0 radical (unpaired) electrons. The fourth-order valence-electron chi connectivity index (χ4n) is 2.75. The van der Waals surface area contributed by atoms with Crippen LogP contribution < -0.4 is 0 Å². The van der Waals surface area contributed by atoms with Gasteiger partial charge in [0.1, 0.15) is 0 Å². The second-order valence-corrected chi connectivity index (χ2v) is 12.7. The fourth-order valence-corrected chi connectivity index (χ4v) is 3.70. The first-order valence-electron chi connectivity index (χ1n) is 13.3. The van der Waals surface area contributed by atoms with Gasteiger partial charge in [0.05, 0.1) is 29.5 Å². The minimum atomic E-state index is -0.729. The summed E-state index contributed by atoms with van der Waals surface area (Å²) >= 11 is 12.6. The summed E-state index contributed by atoms with van der Waals surface area (Å²) in [5.74, 6) is -2.97. The molecule has 11 heteroatoms. The van der Waals surface area contributed by atoms with Crippen molar-refractivity contribution in [1.82, 2.24) is 0 Å². The lowest BCUT2D eigenvalue weighted by molar-refractivity contribution is -0.142. The Morgan fingerprint density at radius 3 is 0.921 bits per heavy atom. The van der Waals surface area contributed by atoms with E-state index >= 15 is 0 Å². The number of aliphatic carboxylic acids is 3. The summed E-state index contributed by atoms with van der Waals surface area (Å²) in [5.41, 5.74) is -0.728. The molecule has 5 N–H and O–H groups in total. The van der Waals surface area contributed by atoms with Crippen LogP contribution in [0, 0.1) is 17.8 Å². The summed E-state index contributed by atoms with van der Waals surface area (Å²) < 4.78 is 0. The van der Waals surface area contributed by atoms with Crippen LogP contribution in [0.3, 0.4) is 0 Å². The molecule has 0 aliphatic carbocycles. The molecule has 0 saturated heterocycles. The first kappa shape index (κ1) is 44.4. The summed E-state index contributed by atoms with van der Waals surface area (Å²) in [6, 6.07) is 0. The van der Waals surface area contributed by atoms with Gasteiger partial charge in [-0.1, -0.05) is 41.5 Å². The molecule has 230 valence electrons. The molecule has 38 heavy (non-hydrogen) atoms. The van der Waals surface area contributed by atoms with Crippen molar-refractivity contribution < 1.29 is 39.9 Å². The average Bonchev–Trinajstić information content (AvgIpc) is 2.77. The highest BCUT2D eigenvalue weighted by molar-refractivity contribution is 7.81. The quantitative estimate of drug-likeness (QED) is 0.113. The van der Waals surface area contributed by atoms with Crippen LogP contribution in [0.4, 0.5) is 0 Å². The third-order valence-corrected chi connectivity index (χ3v) is 7.08. The van der Waals surface area contributed by atoms with Crippen LogP contribution in [0.15, 0.2) is 0 Å². The highest BCUT2D eigenvalue weighted by Crippen LogP contribution is 2.15. The van der Waals surface area contributed by atoms with Gasteiger partial charge in [0.15, 0.2) is 0 Å². The zero-order chi connectivity index (χ0) is 31.2. The topological polar surface area (TPSA) is 152 Å². The summed E-state index contributed by atoms with van der Waals surface area (Å²) in [5, 5.41) is 43.9. The van der Waals surface area contributed by atoms with Crippen LogP contribution in [-0.2, 0) is 14.4 Å². The largest absolute Gasteiger partial charge is 0.481 e. The molecule has 0 aromatic heterocycles. The van der Waals surface area contributed by atoms with Gasteiger partial charge in [-0.05, 0) is 59.3 Å². The standard InChI is InChI=1S/3C7H14O2S.C6H14O2/c3*1-3-6(10)4-5(2)7(8)9;1-5(7)4-6(2,3)8/h3*5-6,10H,3-4H2,1-2H3,(H,8,9);5,7-8H,4H2,1-3H3. The Morgan fingerprint density at radius 2 is 0.842 bits per heavy atom. The number of thiol groups is 3. The van der Waals surface area contributed by atoms with Gasteiger partial charge in [-0.2, -0.15) is 37.9 Å². The van der Waals surface area contributed by atoms with Crippen molar-refractivity contribution >= 4 is 55.8 Å². The van der Waals surface area contributed by atoms with Crippen molar-refractivity contribution in [3.8, 4) is 0 Å². The molecular weight excluding hydrogens is 548 g/mol. The first-order chi connectivity index (χ1) is 17.1. The second-order valence-electron chi connectivity index (χ2n) is 10.5. The molecule has 0 rings (SSSR count). The molecule has 7 atom stereocenters. The van der Waals surface area contributed by atoms with Crippen molar-refractivity contribution in [3.63, 3.8) is 0 Å². The third-order valence-electron chi connectivity index (χ3n) is 5.35. The molecule has 0 bridgehead atoms. The maximum atomic E-state index is 10.3. The van der Waals surface area contributed by atoms with Crippen molar-refractivity contribution in [3.05, 3.63) is 0 Å². The lowest BCUT2D eigenvalue weighted by Gasteiger charge is -2.17. The Morgan fingerprint density at radius 1 is 0.632 bits per heavy atom. The minimum absolute atomic E-state index is 0.228. The summed E-state index contributed by atoms with van der Waals surface area (Å²) in [6.45, 7) is 16.2. The monoisotopic (exact) mass is 604 g/mol. The number of carboxylic acid groups (broad SMARTS) is 3. The van der Waals surface area contributed by atoms with E-state index in [2.05, 4.69) is 37.9 Å². The normalized spacial score (nSPS) is 16.3. The zero-order valence-corrected chi connectivity index (χ0v) is 27.5. The van der Waals surface area contributed by atoms with Crippen molar-refractivity contribution in [2.45, 2.75) is 135 Å². The number of aliphatic hydroxyl groups is 2. The number of rotatable bonds is 14. The highest BCUT2D eigenvalue weighted by atomic mass is 32.1. The Bertz CT molecular complexity index is 545. The van der Waals surface area contributed by atoms with Crippen molar-refractivity contribution in [2.75, 3.05) is 0 Å². The number of carboxylic acids is 3. The second kappa shape index (κ2) is 25.4. The Balaban J connectivity index is -0.000000204. The van der Waals surface area contributed by atoms with E-state index in [0.717, 1.165) is 19.3 Å². The van der Waals surface area contributed by atoms with Crippen molar-refractivity contribution in [2.24, 2.45) is 17.8 Å². The molecule has 0 aliphatic heterocycles. The Labute approximate surface area is 247 Å². The van der Waals surface area contributed by atoms with Gasteiger partial charge in [0.25, 0.3) is 0 Å². The molecule has 0 saturated carbocycles. The SMILES string of the molecule is CC(O)CC(C)(C)O.CCC(S)CC(C)C(=O)O.CCC(S)CC(C)C(=O)O.CCC(S)CC(C)C(=O)O. The van der Waals surface area contributed by atoms with Gasteiger partial charge in [-0.15, -0.1) is 0 Å². The van der Waals surface area contributed by atoms with E-state index in [9.17, 15) is 14.4 Å². The van der Waals surface area contributed by atoms with E-state index in [1.54, 1.807) is 41.5 Å². The van der Waals surface area contributed by atoms with Gasteiger partial charge in [-0.3, -0.25) is 14.4 Å². The number of aliphatic hydroxyl groups excluding tert-OH is 1. The minimum Gasteiger partial charge on any atom is -0.481 e.